The van der Waals surface area contributed by atoms with Crippen molar-refractivity contribution in [1.29, 1.82) is 0 Å². The molecular formula is C12H15ClFNO3S. The maximum absolute atomic E-state index is 13.8. The van der Waals surface area contributed by atoms with Crippen molar-refractivity contribution in [3.8, 4) is 0 Å². The summed E-state index contributed by atoms with van der Waals surface area (Å²) in [5, 5.41) is -0.0944. The molecule has 19 heavy (non-hydrogen) atoms. The summed E-state index contributed by atoms with van der Waals surface area (Å²) in [5.74, 6) is -0.824. The fourth-order valence-corrected chi connectivity index (χ4v) is 4.58. The van der Waals surface area contributed by atoms with E-state index in [-0.39, 0.29) is 11.1 Å². The molecule has 0 saturated carbocycles. The lowest BCUT2D eigenvalue weighted by atomic mass is 10.2. The zero-order valence-corrected chi connectivity index (χ0v) is 12.0. The molecule has 0 radical (unpaired) electrons. The van der Waals surface area contributed by atoms with Crippen molar-refractivity contribution in [2.24, 2.45) is 0 Å². The van der Waals surface area contributed by atoms with Crippen LogP contribution in [0.5, 0.6) is 0 Å². The summed E-state index contributed by atoms with van der Waals surface area (Å²) in [6, 6.07) is 3.59. The third-order valence-corrected chi connectivity index (χ3v) is 5.62. The van der Waals surface area contributed by atoms with E-state index in [2.05, 4.69) is 0 Å². The molecule has 1 saturated heterocycles. The van der Waals surface area contributed by atoms with Gasteiger partial charge < -0.3 is 4.74 Å². The maximum atomic E-state index is 13.8. The first kappa shape index (κ1) is 14.7. The van der Waals surface area contributed by atoms with Gasteiger partial charge >= 0.3 is 0 Å². The minimum absolute atomic E-state index is 0.0944. The summed E-state index contributed by atoms with van der Waals surface area (Å²) in [6.07, 6.45) is 1.44. The zero-order valence-electron chi connectivity index (χ0n) is 10.5. The Labute approximate surface area is 117 Å². The first-order valence-corrected chi connectivity index (χ1v) is 7.75. The van der Waals surface area contributed by atoms with Crippen molar-refractivity contribution >= 4 is 21.6 Å². The second-order valence-corrected chi connectivity index (χ2v) is 6.65. The third-order valence-electron chi connectivity index (χ3n) is 3.17. The summed E-state index contributed by atoms with van der Waals surface area (Å²) in [6.45, 7) is 0.659. The minimum Gasteiger partial charge on any atom is -0.383 e. The van der Waals surface area contributed by atoms with E-state index in [4.69, 9.17) is 16.3 Å². The number of ether oxygens (including phenoxy) is 1. The number of hydrogen-bond acceptors (Lipinski definition) is 3. The Morgan fingerprint density at radius 1 is 1.53 bits per heavy atom. The van der Waals surface area contributed by atoms with Crippen LogP contribution in [0.25, 0.3) is 0 Å². The van der Waals surface area contributed by atoms with Gasteiger partial charge in [0.2, 0.25) is 10.0 Å². The molecule has 106 valence electrons. The number of benzene rings is 1. The Bertz CT molecular complexity index is 544. The molecule has 1 fully saturated rings. The molecule has 1 atom stereocenters. The Kier molecular flexibility index (Phi) is 4.45. The van der Waals surface area contributed by atoms with Gasteiger partial charge in [0.1, 0.15) is 10.7 Å². The smallest absolute Gasteiger partial charge is 0.247 e. The van der Waals surface area contributed by atoms with Gasteiger partial charge in [0.25, 0.3) is 0 Å². The topological polar surface area (TPSA) is 46.6 Å². The number of hydrogen-bond donors (Lipinski definition) is 0. The highest BCUT2D eigenvalue weighted by Gasteiger charge is 2.37. The maximum Gasteiger partial charge on any atom is 0.247 e. The standard InChI is InChI=1S/C12H15ClFNO3S/c1-18-8-9-4-3-7-15(9)19(16,17)12-10(13)5-2-6-11(12)14/h2,5-6,9H,3-4,7-8H2,1H3. The van der Waals surface area contributed by atoms with Gasteiger partial charge in [-0.2, -0.15) is 4.31 Å². The highest BCUT2D eigenvalue weighted by atomic mass is 35.5. The molecular weight excluding hydrogens is 293 g/mol. The van der Waals surface area contributed by atoms with E-state index >= 15 is 0 Å². The molecule has 1 aliphatic rings. The van der Waals surface area contributed by atoms with E-state index in [1.165, 1.54) is 23.5 Å². The van der Waals surface area contributed by atoms with Crippen LogP contribution in [-0.2, 0) is 14.8 Å². The largest absolute Gasteiger partial charge is 0.383 e. The molecule has 1 aliphatic heterocycles. The molecule has 4 nitrogen and oxygen atoms in total. The summed E-state index contributed by atoms with van der Waals surface area (Å²) in [7, 11) is -2.41. The van der Waals surface area contributed by atoms with Crippen LogP contribution in [0.15, 0.2) is 23.1 Å². The van der Waals surface area contributed by atoms with Gasteiger partial charge in [-0.25, -0.2) is 12.8 Å². The number of nitrogens with zero attached hydrogens (tertiary/aromatic N) is 1. The van der Waals surface area contributed by atoms with Gasteiger partial charge in [0.05, 0.1) is 11.6 Å². The Morgan fingerprint density at radius 2 is 2.26 bits per heavy atom. The van der Waals surface area contributed by atoms with Crippen LogP contribution in [-0.4, -0.2) is 39.0 Å². The quantitative estimate of drug-likeness (QED) is 0.857. The molecule has 0 aliphatic carbocycles. The molecule has 7 heteroatoms. The normalized spacial score (nSPS) is 20.9. The second-order valence-electron chi connectivity index (χ2n) is 4.42. The van der Waals surface area contributed by atoms with Crippen molar-refractivity contribution in [2.75, 3.05) is 20.3 Å². The zero-order chi connectivity index (χ0) is 14.0. The molecule has 0 spiro atoms. The van der Waals surface area contributed by atoms with E-state index in [9.17, 15) is 12.8 Å². The van der Waals surface area contributed by atoms with Crippen LogP contribution in [0, 0.1) is 5.82 Å². The summed E-state index contributed by atoms with van der Waals surface area (Å²) >= 11 is 5.84. The highest BCUT2D eigenvalue weighted by Crippen LogP contribution is 2.31. The van der Waals surface area contributed by atoms with Crippen LogP contribution < -0.4 is 0 Å². The van der Waals surface area contributed by atoms with Crippen molar-refractivity contribution in [3.63, 3.8) is 0 Å². The molecule has 0 amide bonds. The lowest BCUT2D eigenvalue weighted by Crippen LogP contribution is -2.38. The lowest BCUT2D eigenvalue weighted by Gasteiger charge is -2.24. The number of rotatable bonds is 4. The second kappa shape index (κ2) is 5.75. The van der Waals surface area contributed by atoms with Crippen LogP contribution in [0.1, 0.15) is 12.8 Å². The molecule has 1 heterocycles. The first-order valence-electron chi connectivity index (χ1n) is 5.93. The van der Waals surface area contributed by atoms with Gasteiger partial charge in [-0.3, -0.25) is 0 Å². The van der Waals surface area contributed by atoms with Crippen LogP contribution >= 0.6 is 11.6 Å². The number of methoxy groups -OCH3 is 1. The number of sulfonamides is 1. The van der Waals surface area contributed by atoms with E-state index in [1.54, 1.807) is 0 Å². The van der Waals surface area contributed by atoms with Gasteiger partial charge in [-0.1, -0.05) is 17.7 Å². The van der Waals surface area contributed by atoms with Crippen molar-refractivity contribution in [2.45, 2.75) is 23.8 Å². The van der Waals surface area contributed by atoms with Gasteiger partial charge in [0, 0.05) is 19.7 Å². The first-order chi connectivity index (χ1) is 8.98. The molecule has 0 aromatic heterocycles. The summed E-state index contributed by atoms with van der Waals surface area (Å²) in [5.41, 5.74) is 0. The predicted molar refractivity (Wildman–Crippen MR) is 70.2 cm³/mol. The van der Waals surface area contributed by atoms with Gasteiger partial charge in [-0.05, 0) is 25.0 Å². The predicted octanol–water partition coefficient (Wildman–Crippen LogP) is 2.28. The minimum atomic E-state index is -3.93. The molecule has 1 unspecified atom stereocenters. The SMILES string of the molecule is COCC1CCCN1S(=O)(=O)c1c(F)cccc1Cl. The van der Waals surface area contributed by atoms with Crippen molar-refractivity contribution < 1.29 is 17.5 Å². The average Bonchev–Trinajstić information content (AvgIpc) is 2.78. The molecule has 1 aromatic carbocycles. The fraction of sp³-hybridized carbons (Fsp3) is 0.500. The van der Waals surface area contributed by atoms with Crippen molar-refractivity contribution in [1.82, 2.24) is 4.31 Å². The van der Waals surface area contributed by atoms with E-state index in [0.717, 1.165) is 12.5 Å². The number of halogens is 2. The monoisotopic (exact) mass is 307 g/mol. The Hall–Kier alpha value is -0.690. The average molecular weight is 308 g/mol. The highest BCUT2D eigenvalue weighted by molar-refractivity contribution is 7.89. The van der Waals surface area contributed by atoms with Gasteiger partial charge in [0.15, 0.2) is 0 Å². The van der Waals surface area contributed by atoms with Gasteiger partial charge in [-0.15, -0.1) is 0 Å². The third kappa shape index (κ3) is 2.76. The van der Waals surface area contributed by atoms with Crippen LogP contribution in [0.2, 0.25) is 5.02 Å². The van der Waals surface area contributed by atoms with E-state index in [0.29, 0.717) is 19.6 Å². The molecule has 1 aromatic rings. The van der Waals surface area contributed by atoms with Crippen LogP contribution in [0.3, 0.4) is 0 Å². The summed E-state index contributed by atoms with van der Waals surface area (Å²) in [4.78, 5) is -0.445. The van der Waals surface area contributed by atoms with Crippen molar-refractivity contribution in [3.05, 3.63) is 29.0 Å². The Balaban J connectivity index is 2.42. The lowest BCUT2D eigenvalue weighted by molar-refractivity contribution is 0.149. The molecule has 2 rings (SSSR count). The fourth-order valence-electron chi connectivity index (χ4n) is 2.33. The van der Waals surface area contributed by atoms with Crippen LogP contribution in [0.4, 0.5) is 4.39 Å². The molecule has 0 bridgehead atoms. The Morgan fingerprint density at radius 3 is 2.89 bits per heavy atom. The van der Waals surface area contributed by atoms with E-state index in [1.807, 2.05) is 0 Å². The molecule has 0 N–H and O–H groups in total. The summed E-state index contributed by atoms with van der Waals surface area (Å²) < 4.78 is 45.1. The van der Waals surface area contributed by atoms with E-state index < -0.39 is 20.7 Å².